The highest BCUT2D eigenvalue weighted by atomic mass is 32.2. The van der Waals surface area contributed by atoms with Crippen LogP contribution in [-0.4, -0.2) is 46.2 Å². The van der Waals surface area contributed by atoms with Gasteiger partial charge in [0, 0.05) is 17.7 Å². The molecule has 0 bridgehead atoms. The van der Waals surface area contributed by atoms with E-state index in [9.17, 15) is 36.5 Å². The van der Waals surface area contributed by atoms with Crippen molar-refractivity contribution in [2.75, 3.05) is 25.1 Å². The van der Waals surface area contributed by atoms with Gasteiger partial charge in [-0.15, -0.1) is 0 Å². The maximum atomic E-state index is 13.7. The largest absolute Gasteiger partial charge is 0.497 e. The van der Waals surface area contributed by atoms with Gasteiger partial charge in [0.1, 0.15) is 18.0 Å². The van der Waals surface area contributed by atoms with Crippen LogP contribution < -0.4 is 19.2 Å². The lowest BCUT2D eigenvalue weighted by Crippen LogP contribution is -2.40. The quantitative estimate of drug-likeness (QED) is 0.222. The molecule has 1 N–H and O–H groups in total. The van der Waals surface area contributed by atoms with Crippen LogP contribution in [0.1, 0.15) is 11.1 Å². The van der Waals surface area contributed by atoms with Gasteiger partial charge in [-0.25, -0.2) is 13.8 Å². The molecule has 0 fully saturated rings. The topological polar surface area (TPSA) is 140 Å². The number of alkyl halides is 3. The fraction of sp³-hybridized carbons (Fsp3) is 0.167. The Kier molecular flexibility index (Phi) is 8.75. The minimum atomic E-state index is -4.77. The summed E-state index contributed by atoms with van der Waals surface area (Å²) in [6.07, 6.45) is -3.91. The molecule has 0 heterocycles. The molecular weight excluding hydrogens is 545 g/mol. The van der Waals surface area contributed by atoms with Crippen molar-refractivity contribution < 1.29 is 40.8 Å². The summed E-state index contributed by atoms with van der Waals surface area (Å²) in [5.74, 6) is -0.821. The van der Waals surface area contributed by atoms with E-state index in [4.69, 9.17) is 9.47 Å². The molecule has 0 saturated heterocycles. The Balaban J connectivity index is 2.01. The molecule has 0 aromatic heterocycles. The van der Waals surface area contributed by atoms with E-state index in [1.165, 1.54) is 56.7 Å². The summed E-state index contributed by atoms with van der Waals surface area (Å²) in [7, 11) is -2.18. The molecule has 1 amide bonds. The molecule has 11 nitrogen and oxygen atoms in total. The number of carbonyl (C=O) groups excluding carboxylic acids is 1. The normalized spacial score (nSPS) is 11.7. The molecule has 0 radical (unpaired) electrons. The Morgan fingerprint density at radius 2 is 1.74 bits per heavy atom. The van der Waals surface area contributed by atoms with Crippen LogP contribution in [0.25, 0.3) is 0 Å². The predicted octanol–water partition coefficient (Wildman–Crippen LogP) is 3.98. The van der Waals surface area contributed by atoms with Crippen molar-refractivity contribution in [1.29, 1.82) is 0 Å². The number of rotatable bonds is 10. The zero-order valence-electron chi connectivity index (χ0n) is 20.4. The summed E-state index contributed by atoms with van der Waals surface area (Å²) in [6.45, 7) is -0.963. The number of benzene rings is 3. The van der Waals surface area contributed by atoms with Gasteiger partial charge in [0.05, 0.1) is 36.6 Å². The minimum Gasteiger partial charge on any atom is -0.497 e. The Labute approximate surface area is 220 Å². The van der Waals surface area contributed by atoms with Gasteiger partial charge in [-0.3, -0.25) is 19.2 Å². The Morgan fingerprint density at radius 1 is 1.08 bits per heavy atom. The van der Waals surface area contributed by atoms with E-state index in [1.54, 1.807) is 0 Å². The average Bonchev–Trinajstić information content (AvgIpc) is 2.91. The lowest BCUT2D eigenvalue weighted by Gasteiger charge is -2.25. The van der Waals surface area contributed by atoms with E-state index in [0.717, 1.165) is 30.5 Å². The lowest BCUT2D eigenvalue weighted by molar-refractivity contribution is -0.387. The van der Waals surface area contributed by atoms with Crippen molar-refractivity contribution in [1.82, 2.24) is 5.43 Å². The van der Waals surface area contributed by atoms with Gasteiger partial charge in [0.2, 0.25) is 0 Å². The lowest BCUT2D eigenvalue weighted by atomic mass is 10.1. The molecule has 206 valence electrons. The molecule has 15 heteroatoms. The van der Waals surface area contributed by atoms with E-state index in [1.807, 2.05) is 5.43 Å². The zero-order chi connectivity index (χ0) is 28.8. The van der Waals surface area contributed by atoms with Crippen LogP contribution >= 0.6 is 0 Å². The Hall–Kier alpha value is -4.66. The molecule has 3 aromatic carbocycles. The fourth-order valence-electron chi connectivity index (χ4n) is 3.44. The summed E-state index contributed by atoms with van der Waals surface area (Å²) in [4.78, 5) is 22.7. The summed E-state index contributed by atoms with van der Waals surface area (Å²) < 4.78 is 77.9. The Bertz CT molecular complexity index is 1510. The summed E-state index contributed by atoms with van der Waals surface area (Å²) >= 11 is 0. The number of nitro groups is 1. The number of sulfonamides is 1. The highest BCUT2D eigenvalue weighted by molar-refractivity contribution is 7.93. The standard InChI is InChI=1S/C24H21F3N4O7S/c1-37-17-11-12-19(21(13-17)38-2)30(39(35,36)22-10-6-5-9-20(22)31(33)34)15-23(32)29-28-14-16-7-3-4-8-18(16)24(25,26)27/h3-14H,15H2,1-2H3,(H,29,32)/b28-14-. The molecule has 0 aliphatic rings. The molecule has 0 aliphatic carbocycles. The minimum absolute atomic E-state index is 0.0492. The number of nitrogens with one attached hydrogen (secondary N) is 1. The number of nitro benzene ring substituents is 1. The predicted molar refractivity (Wildman–Crippen MR) is 134 cm³/mol. The number of amides is 1. The van der Waals surface area contributed by atoms with Crippen LogP contribution in [0.4, 0.5) is 24.5 Å². The number of para-hydroxylation sites is 1. The number of halogens is 3. The molecule has 0 saturated carbocycles. The second kappa shape index (κ2) is 11.8. The van der Waals surface area contributed by atoms with Crippen LogP contribution in [-0.2, 0) is 21.0 Å². The van der Waals surface area contributed by atoms with E-state index in [2.05, 4.69) is 5.10 Å². The molecule has 0 aliphatic heterocycles. The molecule has 3 aromatic rings. The van der Waals surface area contributed by atoms with Crippen LogP contribution in [0.2, 0.25) is 0 Å². The third kappa shape index (κ3) is 6.62. The number of nitrogens with zero attached hydrogens (tertiary/aromatic N) is 3. The first kappa shape index (κ1) is 28.9. The van der Waals surface area contributed by atoms with Crippen molar-refractivity contribution in [3.63, 3.8) is 0 Å². The maximum Gasteiger partial charge on any atom is 0.417 e. The monoisotopic (exact) mass is 566 g/mol. The van der Waals surface area contributed by atoms with Crippen molar-refractivity contribution in [3.8, 4) is 11.5 Å². The van der Waals surface area contributed by atoms with Crippen molar-refractivity contribution in [2.24, 2.45) is 5.10 Å². The molecular formula is C24H21F3N4O7S. The first-order chi connectivity index (χ1) is 18.4. The number of ether oxygens (including phenoxy) is 2. The molecule has 0 atom stereocenters. The van der Waals surface area contributed by atoms with E-state index in [-0.39, 0.29) is 22.7 Å². The van der Waals surface area contributed by atoms with Gasteiger partial charge in [-0.2, -0.15) is 18.3 Å². The molecule has 0 spiro atoms. The highest BCUT2D eigenvalue weighted by Crippen LogP contribution is 2.37. The van der Waals surface area contributed by atoms with Crippen LogP contribution in [0.5, 0.6) is 11.5 Å². The third-order valence-corrected chi connectivity index (χ3v) is 7.04. The van der Waals surface area contributed by atoms with Crippen LogP contribution in [0.15, 0.2) is 76.7 Å². The summed E-state index contributed by atoms with van der Waals surface area (Å²) in [5.41, 5.74) is -0.254. The van der Waals surface area contributed by atoms with Crippen LogP contribution in [0.3, 0.4) is 0 Å². The SMILES string of the molecule is COc1ccc(N(CC(=O)N/N=C\c2ccccc2C(F)(F)F)S(=O)(=O)c2ccccc2[N+](=O)[O-])c(OC)c1. The first-order valence-corrected chi connectivity index (χ1v) is 12.3. The fourth-order valence-corrected chi connectivity index (χ4v) is 5.03. The third-order valence-electron chi connectivity index (χ3n) is 5.23. The maximum absolute atomic E-state index is 13.7. The van der Waals surface area contributed by atoms with Gasteiger partial charge >= 0.3 is 6.18 Å². The number of hydrogen-bond donors (Lipinski definition) is 1. The van der Waals surface area contributed by atoms with Crippen molar-refractivity contribution >= 4 is 33.5 Å². The van der Waals surface area contributed by atoms with Gasteiger partial charge in [0.25, 0.3) is 21.6 Å². The van der Waals surface area contributed by atoms with Gasteiger partial charge in [-0.1, -0.05) is 30.3 Å². The molecule has 39 heavy (non-hydrogen) atoms. The van der Waals surface area contributed by atoms with E-state index < -0.39 is 49.7 Å². The van der Waals surface area contributed by atoms with Crippen LogP contribution in [0, 0.1) is 10.1 Å². The van der Waals surface area contributed by atoms with E-state index in [0.29, 0.717) is 4.31 Å². The number of carbonyl (C=O) groups is 1. The number of anilines is 1. The first-order valence-electron chi connectivity index (χ1n) is 10.9. The average molecular weight is 567 g/mol. The summed E-state index contributed by atoms with van der Waals surface area (Å²) in [6, 6.07) is 13.0. The van der Waals surface area contributed by atoms with Gasteiger partial charge < -0.3 is 9.47 Å². The number of methoxy groups -OCH3 is 2. The second-order valence-electron chi connectivity index (χ2n) is 7.65. The molecule has 3 rings (SSSR count). The zero-order valence-corrected chi connectivity index (χ0v) is 21.2. The van der Waals surface area contributed by atoms with Crippen molar-refractivity contribution in [2.45, 2.75) is 11.1 Å². The number of hydrogen-bond acceptors (Lipinski definition) is 8. The Morgan fingerprint density at radius 3 is 2.38 bits per heavy atom. The smallest absolute Gasteiger partial charge is 0.417 e. The van der Waals surface area contributed by atoms with Crippen molar-refractivity contribution in [3.05, 3.63) is 88.0 Å². The molecule has 0 unspecified atom stereocenters. The van der Waals surface area contributed by atoms with Gasteiger partial charge in [0.15, 0.2) is 4.90 Å². The van der Waals surface area contributed by atoms with Gasteiger partial charge in [-0.05, 0) is 24.3 Å². The highest BCUT2D eigenvalue weighted by Gasteiger charge is 2.35. The number of hydrazone groups is 1. The van der Waals surface area contributed by atoms with E-state index >= 15 is 0 Å². The summed E-state index contributed by atoms with van der Waals surface area (Å²) in [5, 5.41) is 15.1. The second-order valence-corrected chi connectivity index (χ2v) is 9.48.